The Labute approximate surface area is 125 Å². The first-order chi connectivity index (χ1) is 9.74. The maximum Gasteiger partial charge on any atom is 0.255 e. The molecule has 0 saturated heterocycles. The van der Waals surface area contributed by atoms with E-state index in [4.69, 9.17) is 0 Å². The first-order valence-electron chi connectivity index (χ1n) is 6.48. The highest BCUT2D eigenvalue weighted by molar-refractivity contribution is 9.10. The first-order valence-corrected chi connectivity index (χ1v) is 7.28. The lowest BCUT2D eigenvalue weighted by Gasteiger charge is -2.17. The molecule has 5 heteroatoms. The molecule has 0 spiro atoms. The van der Waals surface area contributed by atoms with Gasteiger partial charge in [-0.15, -0.1) is 0 Å². The summed E-state index contributed by atoms with van der Waals surface area (Å²) in [5.41, 5.74) is 3.87. The fraction of sp³-hybridized carbons (Fsp3) is 0.200. The maximum atomic E-state index is 12.3. The van der Waals surface area contributed by atoms with Crippen LogP contribution in [0.4, 0.5) is 5.69 Å². The molecule has 20 heavy (non-hydrogen) atoms. The van der Waals surface area contributed by atoms with E-state index in [-0.39, 0.29) is 5.91 Å². The van der Waals surface area contributed by atoms with Crippen molar-refractivity contribution in [2.45, 2.75) is 13.0 Å². The molecule has 0 bridgehead atoms. The third-order valence-electron chi connectivity index (χ3n) is 3.36. The molecule has 2 aromatic rings. The molecule has 0 radical (unpaired) electrons. The van der Waals surface area contributed by atoms with Gasteiger partial charge in [-0.25, -0.2) is 4.98 Å². The van der Waals surface area contributed by atoms with Gasteiger partial charge in [-0.3, -0.25) is 4.79 Å². The minimum absolute atomic E-state index is 0.118. The summed E-state index contributed by atoms with van der Waals surface area (Å²) < 4.78 is 0.632. The average molecular weight is 332 g/mol. The Hall–Kier alpha value is -1.72. The Kier molecular flexibility index (Phi) is 3.80. The molecule has 1 amide bonds. The number of benzene rings is 1. The van der Waals surface area contributed by atoms with Gasteiger partial charge in [0.15, 0.2) is 0 Å². The van der Waals surface area contributed by atoms with Crippen LogP contribution in [-0.2, 0) is 13.0 Å². The molecule has 1 aliphatic heterocycles. The number of carbonyl (C=O) groups excluding carboxylic acids is 1. The molecule has 2 N–H and O–H groups in total. The number of fused-ring (bicyclic) bond motifs is 1. The Morgan fingerprint density at radius 2 is 2.20 bits per heavy atom. The summed E-state index contributed by atoms with van der Waals surface area (Å²) in [5, 5.41) is 6.18. The van der Waals surface area contributed by atoms with Crippen molar-refractivity contribution in [2.24, 2.45) is 0 Å². The maximum absolute atomic E-state index is 12.3. The van der Waals surface area contributed by atoms with Crippen molar-refractivity contribution in [3.8, 4) is 0 Å². The third kappa shape index (κ3) is 2.73. The second-order valence-electron chi connectivity index (χ2n) is 4.71. The molecule has 3 rings (SSSR count). The highest BCUT2D eigenvalue weighted by atomic mass is 79.9. The van der Waals surface area contributed by atoms with E-state index in [1.165, 1.54) is 11.1 Å². The van der Waals surface area contributed by atoms with Crippen molar-refractivity contribution < 1.29 is 4.79 Å². The molecule has 1 aliphatic rings. The molecule has 0 unspecified atom stereocenters. The van der Waals surface area contributed by atoms with Crippen LogP contribution < -0.4 is 10.6 Å². The molecule has 2 heterocycles. The van der Waals surface area contributed by atoms with E-state index in [2.05, 4.69) is 31.5 Å². The second-order valence-corrected chi connectivity index (χ2v) is 5.46. The number of nitrogens with zero attached hydrogens (tertiary/aromatic N) is 1. The number of hydrogen-bond acceptors (Lipinski definition) is 3. The number of carbonyl (C=O) groups is 1. The van der Waals surface area contributed by atoms with E-state index < -0.39 is 0 Å². The van der Waals surface area contributed by atoms with Gasteiger partial charge in [0.05, 0.1) is 5.69 Å². The van der Waals surface area contributed by atoms with E-state index in [0.29, 0.717) is 15.9 Å². The van der Waals surface area contributed by atoms with Gasteiger partial charge >= 0.3 is 0 Å². The van der Waals surface area contributed by atoms with Gasteiger partial charge in [0, 0.05) is 18.3 Å². The van der Waals surface area contributed by atoms with Crippen LogP contribution in [0.1, 0.15) is 21.5 Å². The summed E-state index contributed by atoms with van der Waals surface area (Å²) in [6.07, 6.45) is 2.69. The fourth-order valence-electron chi connectivity index (χ4n) is 2.30. The van der Waals surface area contributed by atoms with Gasteiger partial charge in [-0.2, -0.15) is 0 Å². The standard InChI is InChI=1S/C15H14BrN3O/c16-14-13(2-1-6-18-14)19-15(20)11-4-3-10-5-7-17-9-12(10)8-11/h1-4,6,8,17H,5,7,9H2,(H,19,20). The topological polar surface area (TPSA) is 54.0 Å². The van der Waals surface area contributed by atoms with Crippen molar-refractivity contribution in [3.05, 3.63) is 57.8 Å². The first kappa shape index (κ1) is 13.3. The van der Waals surface area contributed by atoms with Crippen LogP contribution >= 0.6 is 15.9 Å². The Balaban J connectivity index is 1.82. The Morgan fingerprint density at radius 1 is 1.30 bits per heavy atom. The summed E-state index contributed by atoms with van der Waals surface area (Å²) in [4.78, 5) is 16.4. The largest absolute Gasteiger partial charge is 0.320 e. The van der Waals surface area contributed by atoms with Crippen LogP contribution in [0.5, 0.6) is 0 Å². The lowest BCUT2D eigenvalue weighted by molar-refractivity contribution is 0.102. The predicted octanol–water partition coefficient (Wildman–Crippen LogP) is 2.74. The van der Waals surface area contributed by atoms with Crippen molar-refractivity contribution in [1.82, 2.24) is 10.3 Å². The lowest BCUT2D eigenvalue weighted by atomic mass is 9.98. The van der Waals surface area contributed by atoms with Gasteiger partial charge in [0.2, 0.25) is 0 Å². The van der Waals surface area contributed by atoms with Gasteiger partial charge in [0.25, 0.3) is 5.91 Å². The van der Waals surface area contributed by atoms with Crippen LogP contribution in [0.2, 0.25) is 0 Å². The van der Waals surface area contributed by atoms with Crippen LogP contribution in [0.25, 0.3) is 0 Å². The van der Waals surface area contributed by atoms with Gasteiger partial charge in [-0.1, -0.05) is 6.07 Å². The SMILES string of the molecule is O=C(Nc1cccnc1Br)c1ccc2c(c1)CNCC2. The number of rotatable bonds is 2. The quantitative estimate of drug-likeness (QED) is 0.832. The van der Waals surface area contributed by atoms with E-state index in [0.717, 1.165) is 19.5 Å². The van der Waals surface area contributed by atoms with Gasteiger partial charge in [0.1, 0.15) is 4.60 Å². The number of pyridine rings is 1. The van der Waals surface area contributed by atoms with Crippen LogP contribution in [-0.4, -0.2) is 17.4 Å². The molecule has 0 fully saturated rings. The number of aromatic nitrogens is 1. The molecule has 0 atom stereocenters. The Bertz CT molecular complexity index is 657. The van der Waals surface area contributed by atoms with Crippen molar-refractivity contribution in [1.29, 1.82) is 0 Å². The number of amides is 1. The monoisotopic (exact) mass is 331 g/mol. The van der Waals surface area contributed by atoms with E-state index in [1.807, 2.05) is 24.3 Å². The molecule has 102 valence electrons. The molecule has 1 aromatic carbocycles. The summed E-state index contributed by atoms with van der Waals surface area (Å²) in [7, 11) is 0. The smallest absolute Gasteiger partial charge is 0.255 e. The summed E-state index contributed by atoms with van der Waals surface area (Å²) in [6.45, 7) is 1.83. The minimum Gasteiger partial charge on any atom is -0.320 e. The van der Waals surface area contributed by atoms with Crippen molar-refractivity contribution in [3.63, 3.8) is 0 Å². The molecular formula is C15H14BrN3O. The third-order valence-corrected chi connectivity index (χ3v) is 3.99. The number of halogens is 1. The number of anilines is 1. The van der Waals surface area contributed by atoms with Crippen molar-refractivity contribution >= 4 is 27.5 Å². The van der Waals surface area contributed by atoms with Gasteiger partial charge < -0.3 is 10.6 Å². The van der Waals surface area contributed by atoms with E-state index >= 15 is 0 Å². The summed E-state index contributed by atoms with van der Waals surface area (Å²) in [5.74, 6) is -0.118. The fourth-order valence-corrected chi connectivity index (χ4v) is 2.64. The molecule has 0 aliphatic carbocycles. The van der Waals surface area contributed by atoms with Crippen LogP contribution in [0.15, 0.2) is 41.1 Å². The second kappa shape index (κ2) is 5.73. The zero-order chi connectivity index (χ0) is 13.9. The Morgan fingerprint density at radius 3 is 3.05 bits per heavy atom. The zero-order valence-electron chi connectivity index (χ0n) is 10.8. The average Bonchev–Trinajstić information content (AvgIpc) is 2.49. The van der Waals surface area contributed by atoms with Crippen molar-refractivity contribution in [2.75, 3.05) is 11.9 Å². The lowest BCUT2D eigenvalue weighted by Crippen LogP contribution is -2.24. The van der Waals surface area contributed by atoms with Crippen LogP contribution in [0.3, 0.4) is 0 Å². The predicted molar refractivity (Wildman–Crippen MR) is 81.7 cm³/mol. The summed E-state index contributed by atoms with van der Waals surface area (Å²) in [6, 6.07) is 9.49. The van der Waals surface area contributed by atoms with Gasteiger partial charge in [-0.05, 0) is 64.3 Å². The highest BCUT2D eigenvalue weighted by Crippen LogP contribution is 2.20. The highest BCUT2D eigenvalue weighted by Gasteiger charge is 2.13. The number of hydrogen-bond donors (Lipinski definition) is 2. The molecule has 1 aromatic heterocycles. The number of nitrogens with one attached hydrogen (secondary N) is 2. The normalized spacial score (nSPS) is 13.7. The molecule has 0 saturated carbocycles. The molecule has 4 nitrogen and oxygen atoms in total. The van der Waals surface area contributed by atoms with E-state index in [9.17, 15) is 4.79 Å². The molecular weight excluding hydrogens is 318 g/mol. The zero-order valence-corrected chi connectivity index (χ0v) is 12.4. The van der Waals surface area contributed by atoms with Crippen LogP contribution in [0, 0.1) is 0 Å². The summed E-state index contributed by atoms with van der Waals surface area (Å²) >= 11 is 3.32. The minimum atomic E-state index is -0.118. The van der Waals surface area contributed by atoms with E-state index in [1.54, 1.807) is 12.3 Å².